The number of nitrogens with two attached hydrogens (primary N) is 1. The van der Waals surface area contributed by atoms with E-state index in [2.05, 4.69) is 15.9 Å². The zero-order valence-corrected chi connectivity index (χ0v) is 13.9. The van der Waals surface area contributed by atoms with Crippen LogP contribution in [0, 0.1) is 0 Å². The highest BCUT2D eigenvalue weighted by atomic mass is 79.9. The van der Waals surface area contributed by atoms with E-state index in [-0.39, 0.29) is 6.04 Å². The first kappa shape index (κ1) is 15.9. The van der Waals surface area contributed by atoms with Gasteiger partial charge in [0.05, 0.1) is 6.61 Å². The van der Waals surface area contributed by atoms with Crippen LogP contribution in [0.3, 0.4) is 0 Å². The maximum absolute atomic E-state index is 5.84. The van der Waals surface area contributed by atoms with Crippen LogP contribution in [0.5, 0.6) is 17.2 Å². The summed E-state index contributed by atoms with van der Waals surface area (Å²) in [6, 6.07) is 13.7. The minimum absolute atomic E-state index is 0.138. The predicted molar refractivity (Wildman–Crippen MR) is 89.2 cm³/mol. The Morgan fingerprint density at radius 2 is 1.67 bits per heavy atom. The predicted octanol–water partition coefficient (Wildman–Crippen LogP) is 4.53. The third-order valence-corrected chi connectivity index (χ3v) is 3.68. The van der Waals surface area contributed by atoms with Crippen molar-refractivity contribution in [3.8, 4) is 17.2 Å². The molecule has 0 aliphatic carbocycles. The Bertz CT molecular complexity index is 582. The number of hydrogen-bond acceptors (Lipinski definition) is 3. The van der Waals surface area contributed by atoms with Gasteiger partial charge in [0.2, 0.25) is 0 Å². The Labute approximate surface area is 134 Å². The molecule has 1 atom stereocenters. The third-order valence-electron chi connectivity index (χ3n) is 2.94. The molecule has 0 aromatic heterocycles. The highest BCUT2D eigenvalue weighted by Gasteiger charge is 2.06. The second kappa shape index (κ2) is 7.48. The molecule has 3 nitrogen and oxygen atoms in total. The van der Waals surface area contributed by atoms with E-state index in [1.165, 1.54) is 5.56 Å². The summed E-state index contributed by atoms with van der Waals surface area (Å²) in [5.41, 5.74) is 7.01. The second-order valence-electron chi connectivity index (χ2n) is 4.94. The number of hydrogen-bond donors (Lipinski definition) is 1. The molecule has 0 saturated carbocycles. The fourth-order valence-electron chi connectivity index (χ4n) is 2.01. The van der Waals surface area contributed by atoms with Crippen LogP contribution < -0.4 is 15.2 Å². The fraction of sp³-hybridized carbons (Fsp3) is 0.294. The van der Waals surface area contributed by atoms with E-state index in [4.69, 9.17) is 15.2 Å². The highest BCUT2D eigenvalue weighted by molar-refractivity contribution is 9.10. The average Bonchev–Trinajstić information content (AvgIpc) is 2.44. The van der Waals surface area contributed by atoms with E-state index in [1.807, 2.05) is 56.3 Å². The first-order valence-corrected chi connectivity index (χ1v) is 7.82. The van der Waals surface area contributed by atoms with Crippen molar-refractivity contribution in [3.05, 3.63) is 52.5 Å². The molecule has 2 aromatic carbocycles. The van der Waals surface area contributed by atoms with Gasteiger partial charge in [0.25, 0.3) is 0 Å². The number of halogens is 1. The SMILES string of the molecule is CCOc1ccc(Oc2ccc(CC(C)N)c(Br)c2)cc1. The van der Waals surface area contributed by atoms with Gasteiger partial charge in [-0.1, -0.05) is 22.0 Å². The lowest BCUT2D eigenvalue weighted by molar-refractivity contribution is 0.339. The largest absolute Gasteiger partial charge is 0.494 e. The number of benzene rings is 2. The van der Waals surface area contributed by atoms with Gasteiger partial charge in [0, 0.05) is 10.5 Å². The summed E-state index contributed by atoms with van der Waals surface area (Å²) >= 11 is 3.57. The summed E-state index contributed by atoms with van der Waals surface area (Å²) in [5.74, 6) is 2.42. The van der Waals surface area contributed by atoms with E-state index in [0.29, 0.717) is 6.61 Å². The fourth-order valence-corrected chi connectivity index (χ4v) is 2.53. The van der Waals surface area contributed by atoms with Crippen LogP contribution in [0.2, 0.25) is 0 Å². The number of rotatable bonds is 6. The Hall–Kier alpha value is -1.52. The van der Waals surface area contributed by atoms with Crippen LogP contribution in [0.25, 0.3) is 0 Å². The van der Waals surface area contributed by atoms with Gasteiger partial charge in [-0.3, -0.25) is 0 Å². The van der Waals surface area contributed by atoms with Crippen molar-refractivity contribution in [3.63, 3.8) is 0 Å². The zero-order chi connectivity index (χ0) is 15.2. The molecule has 0 aliphatic rings. The van der Waals surface area contributed by atoms with Gasteiger partial charge in [-0.2, -0.15) is 0 Å². The molecule has 0 bridgehead atoms. The topological polar surface area (TPSA) is 44.5 Å². The summed E-state index contributed by atoms with van der Waals surface area (Å²) in [6.45, 7) is 4.62. The van der Waals surface area contributed by atoms with Crippen LogP contribution in [0.1, 0.15) is 19.4 Å². The van der Waals surface area contributed by atoms with E-state index < -0.39 is 0 Å². The maximum Gasteiger partial charge on any atom is 0.128 e. The summed E-state index contributed by atoms with van der Waals surface area (Å²) in [7, 11) is 0. The molecule has 0 aliphatic heterocycles. The Balaban J connectivity index is 2.07. The maximum atomic E-state index is 5.84. The van der Waals surface area contributed by atoms with Gasteiger partial charge in [0.15, 0.2) is 0 Å². The van der Waals surface area contributed by atoms with Crippen molar-refractivity contribution in [1.82, 2.24) is 0 Å². The monoisotopic (exact) mass is 349 g/mol. The van der Waals surface area contributed by atoms with Crippen LogP contribution in [0.15, 0.2) is 46.9 Å². The molecule has 4 heteroatoms. The van der Waals surface area contributed by atoms with Crippen molar-refractivity contribution in [1.29, 1.82) is 0 Å². The first-order valence-electron chi connectivity index (χ1n) is 7.03. The third kappa shape index (κ3) is 4.76. The van der Waals surface area contributed by atoms with E-state index in [9.17, 15) is 0 Å². The lowest BCUT2D eigenvalue weighted by Gasteiger charge is -2.11. The van der Waals surface area contributed by atoms with Gasteiger partial charge >= 0.3 is 0 Å². The first-order chi connectivity index (χ1) is 10.1. The number of ether oxygens (including phenoxy) is 2. The van der Waals surface area contributed by atoms with Crippen molar-refractivity contribution in [2.75, 3.05) is 6.61 Å². The molecular formula is C17H20BrNO2. The summed E-state index contributed by atoms with van der Waals surface area (Å²) < 4.78 is 12.3. The van der Waals surface area contributed by atoms with Crippen molar-refractivity contribution < 1.29 is 9.47 Å². The minimum Gasteiger partial charge on any atom is -0.494 e. The average molecular weight is 350 g/mol. The Morgan fingerprint density at radius 1 is 1.05 bits per heavy atom. The van der Waals surface area contributed by atoms with E-state index in [0.717, 1.165) is 28.1 Å². The van der Waals surface area contributed by atoms with Crippen LogP contribution in [-0.4, -0.2) is 12.6 Å². The zero-order valence-electron chi connectivity index (χ0n) is 12.3. The van der Waals surface area contributed by atoms with Gasteiger partial charge in [-0.25, -0.2) is 0 Å². The molecule has 0 radical (unpaired) electrons. The normalized spacial score (nSPS) is 12.0. The Kier molecular flexibility index (Phi) is 5.65. The van der Waals surface area contributed by atoms with Crippen molar-refractivity contribution in [2.45, 2.75) is 26.3 Å². The lowest BCUT2D eigenvalue weighted by Crippen LogP contribution is -2.17. The lowest BCUT2D eigenvalue weighted by atomic mass is 10.1. The molecule has 0 saturated heterocycles. The van der Waals surface area contributed by atoms with Crippen LogP contribution in [-0.2, 0) is 6.42 Å². The molecule has 0 amide bonds. The molecule has 2 aromatic rings. The smallest absolute Gasteiger partial charge is 0.128 e. The van der Waals surface area contributed by atoms with Gasteiger partial charge in [-0.15, -0.1) is 0 Å². The second-order valence-corrected chi connectivity index (χ2v) is 5.80. The molecular weight excluding hydrogens is 330 g/mol. The quantitative estimate of drug-likeness (QED) is 0.833. The van der Waals surface area contributed by atoms with Crippen LogP contribution >= 0.6 is 15.9 Å². The molecule has 112 valence electrons. The summed E-state index contributed by atoms with van der Waals surface area (Å²) in [5, 5.41) is 0. The molecule has 21 heavy (non-hydrogen) atoms. The van der Waals surface area contributed by atoms with E-state index >= 15 is 0 Å². The molecule has 0 heterocycles. The molecule has 1 unspecified atom stereocenters. The van der Waals surface area contributed by atoms with Crippen molar-refractivity contribution in [2.24, 2.45) is 5.73 Å². The summed E-state index contributed by atoms with van der Waals surface area (Å²) in [4.78, 5) is 0. The summed E-state index contributed by atoms with van der Waals surface area (Å²) in [6.07, 6.45) is 0.837. The Morgan fingerprint density at radius 3 is 2.24 bits per heavy atom. The molecule has 2 N–H and O–H groups in total. The van der Waals surface area contributed by atoms with E-state index in [1.54, 1.807) is 0 Å². The van der Waals surface area contributed by atoms with Gasteiger partial charge in [-0.05, 0) is 62.2 Å². The minimum atomic E-state index is 0.138. The molecule has 0 spiro atoms. The molecule has 2 rings (SSSR count). The van der Waals surface area contributed by atoms with Gasteiger partial charge in [0.1, 0.15) is 17.2 Å². The van der Waals surface area contributed by atoms with Crippen molar-refractivity contribution >= 4 is 15.9 Å². The van der Waals surface area contributed by atoms with Crippen LogP contribution in [0.4, 0.5) is 0 Å². The van der Waals surface area contributed by atoms with Gasteiger partial charge < -0.3 is 15.2 Å². The molecule has 0 fully saturated rings. The highest BCUT2D eigenvalue weighted by Crippen LogP contribution is 2.28. The standard InChI is InChI=1S/C17H20BrNO2/c1-3-20-14-6-8-15(9-7-14)21-16-5-4-13(10-12(2)19)17(18)11-16/h4-9,11-12H,3,10,19H2,1-2H3.